The lowest BCUT2D eigenvalue weighted by Crippen LogP contribution is -2.29. The Bertz CT molecular complexity index is 372. The Labute approximate surface area is 102 Å². The van der Waals surface area contributed by atoms with Gasteiger partial charge in [0, 0.05) is 12.7 Å². The molecule has 2 rings (SSSR count). The third-order valence-electron chi connectivity index (χ3n) is 2.93. The molecule has 1 fully saturated rings. The highest BCUT2D eigenvalue weighted by Crippen LogP contribution is 2.13. The summed E-state index contributed by atoms with van der Waals surface area (Å²) in [5, 5.41) is 0. The molecule has 0 atom stereocenters. The summed E-state index contributed by atoms with van der Waals surface area (Å²) in [6.45, 7) is 3.38. The Hall–Kier alpha value is -1.00. The van der Waals surface area contributed by atoms with Crippen molar-refractivity contribution < 1.29 is 0 Å². The number of thiocarbonyl (C=S) groups is 1. The number of rotatable bonds is 3. The van der Waals surface area contributed by atoms with E-state index in [-0.39, 0.29) is 0 Å². The fourth-order valence-electron chi connectivity index (χ4n) is 2.08. The summed E-state index contributed by atoms with van der Waals surface area (Å²) in [7, 11) is 0. The van der Waals surface area contributed by atoms with Crippen LogP contribution in [0, 0.1) is 0 Å². The normalized spacial score (nSPS) is 17.2. The monoisotopic (exact) mass is 235 g/mol. The van der Waals surface area contributed by atoms with Crippen molar-refractivity contribution in [2.45, 2.75) is 25.8 Å². The lowest BCUT2D eigenvalue weighted by Gasteiger charge is -2.26. The third kappa shape index (κ3) is 3.00. The van der Waals surface area contributed by atoms with Crippen molar-refractivity contribution >= 4 is 17.2 Å². The number of aromatic nitrogens is 1. The fraction of sp³-hybridized carbons (Fsp3) is 0.500. The highest BCUT2D eigenvalue weighted by molar-refractivity contribution is 7.80. The van der Waals surface area contributed by atoms with E-state index in [2.05, 4.69) is 9.88 Å². The van der Waals surface area contributed by atoms with Crippen molar-refractivity contribution in [3.8, 4) is 0 Å². The average molecular weight is 235 g/mol. The molecule has 0 amide bonds. The predicted molar refractivity (Wildman–Crippen MR) is 69.3 cm³/mol. The Balaban J connectivity index is 2.02. The van der Waals surface area contributed by atoms with E-state index < -0.39 is 0 Å². The largest absolute Gasteiger partial charge is 0.388 e. The maximum atomic E-state index is 5.57. The van der Waals surface area contributed by atoms with Crippen molar-refractivity contribution in [1.82, 2.24) is 9.88 Å². The van der Waals surface area contributed by atoms with Crippen LogP contribution in [0.5, 0.6) is 0 Å². The first kappa shape index (κ1) is 11.5. The molecule has 86 valence electrons. The second-order valence-electron chi connectivity index (χ2n) is 4.25. The van der Waals surface area contributed by atoms with Gasteiger partial charge in [0.05, 0.1) is 5.69 Å². The SMILES string of the molecule is NC(=S)c1cc(CN2CCCCC2)ccn1. The van der Waals surface area contributed by atoms with Crippen LogP contribution in [0.15, 0.2) is 18.3 Å². The molecule has 0 bridgehead atoms. The van der Waals surface area contributed by atoms with E-state index in [1.54, 1.807) is 6.20 Å². The number of piperidine rings is 1. The molecule has 0 spiro atoms. The summed E-state index contributed by atoms with van der Waals surface area (Å²) in [5.74, 6) is 0. The Morgan fingerprint density at radius 1 is 1.38 bits per heavy atom. The van der Waals surface area contributed by atoms with Crippen LogP contribution in [-0.4, -0.2) is 28.0 Å². The minimum atomic E-state index is 0.375. The molecule has 2 heterocycles. The Morgan fingerprint density at radius 2 is 2.12 bits per heavy atom. The van der Waals surface area contributed by atoms with Gasteiger partial charge in [-0.3, -0.25) is 9.88 Å². The molecule has 3 nitrogen and oxygen atoms in total. The van der Waals surface area contributed by atoms with Crippen LogP contribution in [0.4, 0.5) is 0 Å². The molecule has 0 unspecified atom stereocenters. The van der Waals surface area contributed by atoms with Gasteiger partial charge in [0.2, 0.25) is 0 Å². The van der Waals surface area contributed by atoms with Gasteiger partial charge in [-0.15, -0.1) is 0 Å². The first-order chi connectivity index (χ1) is 7.75. The molecule has 1 aliphatic heterocycles. The van der Waals surface area contributed by atoms with Gasteiger partial charge in [-0.05, 0) is 43.6 Å². The van der Waals surface area contributed by atoms with E-state index in [1.165, 1.54) is 37.9 Å². The summed E-state index contributed by atoms with van der Waals surface area (Å²) < 4.78 is 0. The molecular formula is C12H17N3S. The van der Waals surface area contributed by atoms with Gasteiger partial charge >= 0.3 is 0 Å². The van der Waals surface area contributed by atoms with Crippen molar-refractivity contribution in [2.24, 2.45) is 5.73 Å². The smallest absolute Gasteiger partial charge is 0.122 e. The lowest BCUT2D eigenvalue weighted by molar-refractivity contribution is 0.221. The average Bonchev–Trinajstić information content (AvgIpc) is 2.30. The van der Waals surface area contributed by atoms with E-state index in [0.29, 0.717) is 4.99 Å². The molecule has 2 N–H and O–H groups in total. The molecule has 1 aromatic rings. The van der Waals surface area contributed by atoms with Crippen LogP contribution in [0.25, 0.3) is 0 Å². The molecule has 16 heavy (non-hydrogen) atoms. The maximum absolute atomic E-state index is 5.57. The van der Waals surface area contributed by atoms with Gasteiger partial charge in [-0.2, -0.15) is 0 Å². The van der Waals surface area contributed by atoms with Gasteiger partial charge in [0.25, 0.3) is 0 Å². The van der Waals surface area contributed by atoms with Crippen LogP contribution in [0.3, 0.4) is 0 Å². The van der Waals surface area contributed by atoms with Gasteiger partial charge in [0.15, 0.2) is 0 Å². The number of hydrogen-bond acceptors (Lipinski definition) is 3. The highest BCUT2D eigenvalue weighted by Gasteiger charge is 2.10. The third-order valence-corrected chi connectivity index (χ3v) is 3.14. The summed E-state index contributed by atoms with van der Waals surface area (Å²) in [6.07, 6.45) is 5.78. The lowest BCUT2D eigenvalue weighted by atomic mass is 10.1. The molecule has 1 aromatic heterocycles. The minimum absolute atomic E-state index is 0.375. The number of nitrogens with two attached hydrogens (primary N) is 1. The maximum Gasteiger partial charge on any atom is 0.122 e. The topological polar surface area (TPSA) is 42.1 Å². The zero-order valence-electron chi connectivity index (χ0n) is 9.35. The van der Waals surface area contributed by atoms with Crippen LogP contribution < -0.4 is 5.73 Å². The molecule has 0 aliphatic carbocycles. The Kier molecular flexibility index (Phi) is 3.85. The van der Waals surface area contributed by atoms with E-state index >= 15 is 0 Å². The summed E-state index contributed by atoms with van der Waals surface area (Å²) in [5.41, 5.74) is 7.55. The quantitative estimate of drug-likeness (QED) is 0.810. The summed E-state index contributed by atoms with van der Waals surface area (Å²) in [4.78, 5) is 7.00. The molecule has 1 saturated heterocycles. The van der Waals surface area contributed by atoms with E-state index in [9.17, 15) is 0 Å². The van der Waals surface area contributed by atoms with E-state index in [1.807, 2.05) is 12.1 Å². The summed E-state index contributed by atoms with van der Waals surface area (Å²) >= 11 is 4.93. The molecule has 4 heteroatoms. The molecular weight excluding hydrogens is 218 g/mol. The first-order valence-electron chi connectivity index (χ1n) is 5.73. The zero-order chi connectivity index (χ0) is 11.4. The Morgan fingerprint density at radius 3 is 2.81 bits per heavy atom. The first-order valence-corrected chi connectivity index (χ1v) is 6.13. The van der Waals surface area contributed by atoms with Crippen molar-refractivity contribution in [3.63, 3.8) is 0 Å². The highest BCUT2D eigenvalue weighted by atomic mass is 32.1. The van der Waals surface area contributed by atoms with Crippen LogP contribution in [0.2, 0.25) is 0 Å². The second-order valence-corrected chi connectivity index (χ2v) is 4.69. The van der Waals surface area contributed by atoms with Gasteiger partial charge in [-0.1, -0.05) is 18.6 Å². The number of nitrogens with zero attached hydrogens (tertiary/aromatic N) is 2. The van der Waals surface area contributed by atoms with Gasteiger partial charge < -0.3 is 5.73 Å². The van der Waals surface area contributed by atoms with Crippen molar-refractivity contribution in [2.75, 3.05) is 13.1 Å². The van der Waals surface area contributed by atoms with Crippen molar-refractivity contribution in [3.05, 3.63) is 29.6 Å². The van der Waals surface area contributed by atoms with Crippen molar-refractivity contribution in [1.29, 1.82) is 0 Å². The van der Waals surface area contributed by atoms with Crippen LogP contribution in [0.1, 0.15) is 30.5 Å². The number of likely N-dealkylation sites (tertiary alicyclic amines) is 1. The molecule has 0 saturated carbocycles. The van der Waals surface area contributed by atoms with Crippen LogP contribution in [-0.2, 0) is 6.54 Å². The summed E-state index contributed by atoms with van der Waals surface area (Å²) in [6, 6.07) is 4.04. The molecule has 1 aliphatic rings. The van der Waals surface area contributed by atoms with E-state index in [0.717, 1.165) is 12.2 Å². The van der Waals surface area contributed by atoms with Gasteiger partial charge in [0.1, 0.15) is 4.99 Å². The minimum Gasteiger partial charge on any atom is -0.388 e. The number of hydrogen-bond donors (Lipinski definition) is 1. The zero-order valence-corrected chi connectivity index (χ0v) is 10.2. The van der Waals surface area contributed by atoms with E-state index in [4.69, 9.17) is 18.0 Å². The molecule has 0 aromatic carbocycles. The number of pyridine rings is 1. The predicted octanol–water partition coefficient (Wildman–Crippen LogP) is 1.70. The van der Waals surface area contributed by atoms with Crippen LogP contribution >= 0.6 is 12.2 Å². The standard InChI is InChI=1S/C12H17N3S/c13-12(16)11-8-10(4-5-14-11)9-15-6-2-1-3-7-15/h4-5,8H,1-3,6-7,9H2,(H2,13,16). The second kappa shape index (κ2) is 5.37. The fourth-order valence-corrected chi connectivity index (χ4v) is 2.19. The molecule has 0 radical (unpaired) electrons. The van der Waals surface area contributed by atoms with Gasteiger partial charge in [-0.25, -0.2) is 0 Å².